The van der Waals surface area contributed by atoms with Gasteiger partial charge in [0.25, 0.3) is 0 Å². The summed E-state index contributed by atoms with van der Waals surface area (Å²) in [5, 5.41) is 7.61. The number of hydrogen-bond donors (Lipinski definition) is 1. The van der Waals surface area contributed by atoms with Gasteiger partial charge < -0.3 is 10.1 Å². The number of pyridine rings is 2. The summed E-state index contributed by atoms with van der Waals surface area (Å²) in [6.45, 7) is 2.56. The number of aromatic nitrogens is 4. The number of anilines is 1. The van der Waals surface area contributed by atoms with Crippen molar-refractivity contribution in [1.29, 1.82) is 0 Å². The largest absolute Gasteiger partial charge is 0.481 e. The van der Waals surface area contributed by atoms with Crippen molar-refractivity contribution in [3.8, 4) is 5.88 Å². The van der Waals surface area contributed by atoms with Crippen LogP contribution in [0.25, 0.3) is 5.65 Å². The SMILES string of the molecule is COc1ncccc1CNc1nc2cccc(C)n2n1. The fourth-order valence-corrected chi connectivity index (χ4v) is 2.03. The molecule has 0 radical (unpaired) electrons. The minimum atomic E-state index is 0.562. The molecule has 0 bridgehead atoms. The van der Waals surface area contributed by atoms with Crippen LogP contribution in [0.4, 0.5) is 5.95 Å². The van der Waals surface area contributed by atoms with E-state index in [-0.39, 0.29) is 0 Å². The van der Waals surface area contributed by atoms with Crippen molar-refractivity contribution in [2.24, 2.45) is 0 Å². The molecule has 3 rings (SSSR count). The van der Waals surface area contributed by atoms with Gasteiger partial charge in [-0.1, -0.05) is 12.1 Å². The van der Waals surface area contributed by atoms with Gasteiger partial charge in [0, 0.05) is 24.0 Å². The summed E-state index contributed by atoms with van der Waals surface area (Å²) in [5.41, 5.74) is 2.83. The molecule has 0 aliphatic carbocycles. The highest BCUT2D eigenvalue weighted by Crippen LogP contribution is 2.15. The first-order valence-electron chi connectivity index (χ1n) is 6.32. The van der Waals surface area contributed by atoms with Gasteiger partial charge in [0.15, 0.2) is 5.65 Å². The van der Waals surface area contributed by atoms with Crippen molar-refractivity contribution in [2.75, 3.05) is 12.4 Å². The normalized spacial score (nSPS) is 10.7. The highest BCUT2D eigenvalue weighted by molar-refractivity contribution is 5.45. The van der Waals surface area contributed by atoms with Crippen molar-refractivity contribution in [2.45, 2.75) is 13.5 Å². The average molecular weight is 269 g/mol. The Hall–Kier alpha value is -2.63. The van der Waals surface area contributed by atoms with Crippen molar-refractivity contribution >= 4 is 11.6 Å². The summed E-state index contributed by atoms with van der Waals surface area (Å²) < 4.78 is 7.02. The molecule has 3 aromatic heterocycles. The molecule has 0 saturated carbocycles. The van der Waals surface area contributed by atoms with Crippen LogP contribution < -0.4 is 10.1 Å². The number of fused-ring (bicyclic) bond motifs is 1. The van der Waals surface area contributed by atoms with E-state index in [4.69, 9.17) is 4.74 Å². The summed E-state index contributed by atoms with van der Waals surface area (Å²) in [7, 11) is 1.61. The molecule has 0 amide bonds. The molecule has 3 aromatic rings. The zero-order valence-corrected chi connectivity index (χ0v) is 11.4. The molecule has 0 aliphatic heterocycles. The maximum atomic E-state index is 5.21. The second-order valence-electron chi connectivity index (χ2n) is 4.40. The molecule has 1 N–H and O–H groups in total. The number of rotatable bonds is 4. The zero-order chi connectivity index (χ0) is 13.9. The van der Waals surface area contributed by atoms with Crippen LogP contribution in [0.5, 0.6) is 5.88 Å². The molecule has 0 aromatic carbocycles. The minimum absolute atomic E-state index is 0.562. The Bertz CT molecular complexity index is 737. The molecule has 0 fully saturated rings. The quantitative estimate of drug-likeness (QED) is 0.785. The van der Waals surface area contributed by atoms with Gasteiger partial charge in [0.2, 0.25) is 11.8 Å². The number of ether oxygens (including phenoxy) is 1. The second-order valence-corrected chi connectivity index (χ2v) is 4.40. The van der Waals surface area contributed by atoms with Gasteiger partial charge in [-0.25, -0.2) is 9.50 Å². The van der Waals surface area contributed by atoms with Crippen LogP contribution in [0, 0.1) is 6.92 Å². The number of nitrogens with one attached hydrogen (secondary N) is 1. The maximum absolute atomic E-state index is 5.21. The fourth-order valence-electron chi connectivity index (χ4n) is 2.03. The molecule has 0 unspecified atom stereocenters. The van der Waals surface area contributed by atoms with Crippen LogP contribution in [0.2, 0.25) is 0 Å². The Labute approximate surface area is 116 Å². The lowest BCUT2D eigenvalue weighted by atomic mass is 10.3. The van der Waals surface area contributed by atoms with Crippen LogP contribution in [-0.2, 0) is 6.54 Å². The molecule has 0 spiro atoms. The Morgan fingerprint density at radius 3 is 2.95 bits per heavy atom. The van der Waals surface area contributed by atoms with Crippen molar-refractivity contribution < 1.29 is 4.74 Å². The lowest BCUT2D eigenvalue weighted by molar-refractivity contribution is 0.393. The molecular formula is C14H15N5O. The topological polar surface area (TPSA) is 64.3 Å². The molecule has 20 heavy (non-hydrogen) atoms. The lowest BCUT2D eigenvalue weighted by Crippen LogP contribution is -2.04. The van der Waals surface area contributed by atoms with Crippen LogP contribution in [-0.4, -0.2) is 26.7 Å². The molecule has 3 heterocycles. The first kappa shape index (κ1) is 12.4. The Morgan fingerprint density at radius 2 is 2.15 bits per heavy atom. The average Bonchev–Trinajstić information content (AvgIpc) is 2.90. The Morgan fingerprint density at radius 1 is 1.25 bits per heavy atom. The van der Waals surface area contributed by atoms with E-state index >= 15 is 0 Å². The van der Waals surface area contributed by atoms with Gasteiger partial charge in [0.05, 0.1) is 7.11 Å². The van der Waals surface area contributed by atoms with Gasteiger partial charge in [0.1, 0.15) is 0 Å². The van der Waals surface area contributed by atoms with Crippen molar-refractivity contribution in [3.63, 3.8) is 0 Å². The molecule has 6 heteroatoms. The van der Waals surface area contributed by atoms with Gasteiger partial charge in [-0.05, 0) is 25.1 Å². The first-order valence-corrected chi connectivity index (χ1v) is 6.32. The van der Waals surface area contributed by atoms with E-state index in [1.807, 2.05) is 41.8 Å². The van der Waals surface area contributed by atoms with Gasteiger partial charge in [-0.15, -0.1) is 5.10 Å². The third-order valence-corrected chi connectivity index (χ3v) is 3.03. The van der Waals surface area contributed by atoms with Crippen LogP contribution >= 0.6 is 0 Å². The monoisotopic (exact) mass is 269 g/mol. The maximum Gasteiger partial charge on any atom is 0.243 e. The zero-order valence-electron chi connectivity index (χ0n) is 11.4. The second kappa shape index (κ2) is 5.16. The molecule has 0 aliphatic rings. The number of hydrogen-bond acceptors (Lipinski definition) is 5. The van der Waals surface area contributed by atoms with E-state index < -0.39 is 0 Å². The summed E-state index contributed by atoms with van der Waals surface area (Å²) in [4.78, 5) is 8.58. The summed E-state index contributed by atoms with van der Waals surface area (Å²) in [5.74, 6) is 1.20. The highest BCUT2D eigenvalue weighted by Gasteiger charge is 2.07. The number of nitrogens with zero attached hydrogens (tertiary/aromatic N) is 4. The van der Waals surface area contributed by atoms with E-state index in [2.05, 4.69) is 20.4 Å². The molecule has 102 valence electrons. The lowest BCUT2D eigenvalue weighted by Gasteiger charge is -2.06. The summed E-state index contributed by atoms with van der Waals surface area (Å²) >= 11 is 0. The fraction of sp³-hybridized carbons (Fsp3) is 0.214. The van der Waals surface area contributed by atoms with E-state index in [0.29, 0.717) is 18.4 Å². The smallest absolute Gasteiger partial charge is 0.243 e. The standard InChI is InChI=1S/C14H15N5O/c1-10-5-3-7-12-17-14(18-19(10)12)16-9-11-6-4-8-15-13(11)20-2/h3-8H,9H2,1-2H3,(H,16,18). The number of methoxy groups -OCH3 is 1. The van der Waals surface area contributed by atoms with Crippen molar-refractivity contribution in [3.05, 3.63) is 47.8 Å². The predicted molar refractivity (Wildman–Crippen MR) is 75.8 cm³/mol. The number of aryl methyl sites for hydroxylation is 1. The van der Waals surface area contributed by atoms with Crippen LogP contribution in [0.15, 0.2) is 36.5 Å². The van der Waals surface area contributed by atoms with E-state index in [0.717, 1.165) is 16.9 Å². The van der Waals surface area contributed by atoms with E-state index in [1.165, 1.54) is 0 Å². The van der Waals surface area contributed by atoms with Crippen LogP contribution in [0.1, 0.15) is 11.3 Å². The Kier molecular flexibility index (Phi) is 3.20. The minimum Gasteiger partial charge on any atom is -0.481 e. The predicted octanol–water partition coefficient (Wildman–Crippen LogP) is 2.05. The van der Waals surface area contributed by atoms with Crippen LogP contribution in [0.3, 0.4) is 0 Å². The van der Waals surface area contributed by atoms with Gasteiger partial charge in [-0.3, -0.25) is 0 Å². The van der Waals surface area contributed by atoms with Gasteiger partial charge >= 0.3 is 0 Å². The van der Waals surface area contributed by atoms with E-state index in [9.17, 15) is 0 Å². The van der Waals surface area contributed by atoms with E-state index in [1.54, 1.807) is 13.3 Å². The Balaban J connectivity index is 1.82. The molecular weight excluding hydrogens is 254 g/mol. The highest BCUT2D eigenvalue weighted by atomic mass is 16.5. The first-order chi connectivity index (χ1) is 9.78. The molecule has 6 nitrogen and oxygen atoms in total. The van der Waals surface area contributed by atoms with Crippen molar-refractivity contribution in [1.82, 2.24) is 19.6 Å². The third kappa shape index (κ3) is 2.27. The summed E-state index contributed by atoms with van der Waals surface area (Å²) in [6, 6.07) is 9.72. The molecule has 0 atom stereocenters. The molecule has 0 saturated heterocycles. The van der Waals surface area contributed by atoms with Gasteiger partial charge in [-0.2, -0.15) is 4.98 Å². The summed E-state index contributed by atoms with van der Waals surface area (Å²) in [6.07, 6.45) is 1.70. The third-order valence-electron chi connectivity index (χ3n) is 3.03.